The maximum atomic E-state index is 11.5. The van der Waals surface area contributed by atoms with Crippen molar-refractivity contribution >= 4 is 11.8 Å². The normalized spacial score (nSPS) is 9.47. The van der Waals surface area contributed by atoms with E-state index in [2.05, 4.69) is 5.32 Å². The second-order valence-electron chi connectivity index (χ2n) is 3.51. The molecule has 2 amide bonds. The third kappa shape index (κ3) is 3.65. The van der Waals surface area contributed by atoms with Gasteiger partial charge in [0, 0.05) is 7.05 Å². The minimum atomic E-state index is -0.794. The number of carbonyl (C=O) groups is 2. The van der Waals surface area contributed by atoms with Gasteiger partial charge in [-0.2, -0.15) is 5.26 Å². The lowest BCUT2D eigenvalue weighted by Crippen LogP contribution is -2.40. The first-order valence-electron chi connectivity index (χ1n) is 5.00. The van der Waals surface area contributed by atoms with Crippen molar-refractivity contribution in [2.75, 3.05) is 13.6 Å². The molecule has 0 spiro atoms. The Morgan fingerprint density at radius 2 is 2.24 bits per heavy atom. The summed E-state index contributed by atoms with van der Waals surface area (Å²) in [4.78, 5) is 24.0. The quantitative estimate of drug-likeness (QED) is 0.598. The first-order chi connectivity index (χ1) is 8.04. The van der Waals surface area contributed by atoms with Crippen molar-refractivity contribution in [3.8, 4) is 6.07 Å². The average molecular weight is 235 g/mol. The summed E-state index contributed by atoms with van der Waals surface area (Å²) >= 11 is 0. The van der Waals surface area contributed by atoms with Gasteiger partial charge in [-0.05, 0) is 19.1 Å². The van der Waals surface area contributed by atoms with Crippen LogP contribution in [0.25, 0.3) is 0 Å². The second-order valence-corrected chi connectivity index (χ2v) is 3.51. The van der Waals surface area contributed by atoms with Gasteiger partial charge >= 0.3 is 11.8 Å². The van der Waals surface area contributed by atoms with Gasteiger partial charge in [0.15, 0.2) is 0 Å². The first kappa shape index (κ1) is 12.8. The van der Waals surface area contributed by atoms with E-state index >= 15 is 0 Å². The molecule has 1 N–H and O–H groups in total. The predicted molar refractivity (Wildman–Crippen MR) is 58.5 cm³/mol. The number of likely N-dealkylation sites (N-methyl/N-ethyl adjacent to an activating group) is 1. The highest BCUT2D eigenvalue weighted by molar-refractivity contribution is 6.34. The van der Waals surface area contributed by atoms with Crippen LogP contribution in [0.1, 0.15) is 11.5 Å². The van der Waals surface area contributed by atoms with E-state index < -0.39 is 11.8 Å². The number of rotatable bonds is 3. The van der Waals surface area contributed by atoms with Gasteiger partial charge in [0.1, 0.15) is 18.1 Å². The van der Waals surface area contributed by atoms with Crippen LogP contribution in [-0.2, 0) is 16.1 Å². The van der Waals surface area contributed by atoms with Gasteiger partial charge in [-0.3, -0.25) is 9.59 Å². The summed E-state index contributed by atoms with van der Waals surface area (Å²) in [7, 11) is 1.49. The van der Waals surface area contributed by atoms with E-state index in [1.54, 1.807) is 25.1 Å². The average Bonchev–Trinajstić information content (AvgIpc) is 2.70. The highest BCUT2D eigenvalue weighted by Crippen LogP contribution is 2.08. The van der Waals surface area contributed by atoms with Gasteiger partial charge in [-0.15, -0.1) is 0 Å². The van der Waals surface area contributed by atoms with E-state index in [1.807, 2.05) is 0 Å². The minimum absolute atomic E-state index is 0.182. The van der Waals surface area contributed by atoms with Crippen LogP contribution in [0.3, 0.4) is 0 Å². The van der Waals surface area contributed by atoms with Crippen molar-refractivity contribution in [1.82, 2.24) is 10.2 Å². The van der Waals surface area contributed by atoms with Gasteiger partial charge in [0.25, 0.3) is 0 Å². The Morgan fingerprint density at radius 3 is 2.76 bits per heavy atom. The van der Waals surface area contributed by atoms with Crippen LogP contribution in [0.5, 0.6) is 0 Å². The van der Waals surface area contributed by atoms with Gasteiger partial charge in [0.05, 0.1) is 12.6 Å². The van der Waals surface area contributed by atoms with Crippen LogP contribution in [-0.4, -0.2) is 30.3 Å². The van der Waals surface area contributed by atoms with Crippen molar-refractivity contribution in [3.63, 3.8) is 0 Å². The molecule has 0 saturated heterocycles. The summed E-state index contributed by atoms with van der Waals surface area (Å²) in [5.74, 6) is -0.146. The molecule has 6 heteroatoms. The van der Waals surface area contributed by atoms with E-state index in [4.69, 9.17) is 9.68 Å². The summed E-state index contributed by atoms with van der Waals surface area (Å²) in [5.41, 5.74) is 0. The van der Waals surface area contributed by atoms with Crippen LogP contribution in [0, 0.1) is 18.3 Å². The van der Waals surface area contributed by atoms with E-state index in [-0.39, 0.29) is 13.1 Å². The van der Waals surface area contributed by atoms with Crippen molar-refractivity contribution in [2.45, 2.75) is 13.5 Å². The maximum absolute atomic E-state index is 11.5. The third-order valence-corrected chi connectivity index (χ3v) is 2.06. The number of aryl methyl sites for hydroxylation is 1. The van der Waals surface area contributed by atoms with E-state index in [1.165, 1.54) is 11.9 Å². The molecule has 90 valence electrons. The van der Waals surface area contributed by atoms with Crippen molar-refractivity contribution < 1.29 is 14.0 Å². The predicted octanol–water partition coefficient (Wildman–Crippen LogP) is 0.186. The van der Waals surface area contributed by atoms with Gasteiger partial charge in [0.2, 0.25) is 0 Å². The number of hydrogen-bond donors (Lipinski definition) is 1. The molecule has 1 aromatic heterocycles. The molecule has 0 aliphatic carbocycles. The zero-order valence-electron chi connectivity index (χ0n) is 9.69. The molecule has 0 saturated carbocycles. The number of furan rings is 1. The number of nitriles is 1. The zero-order chi connectivity index (χ0) is 12.8. The summed E-state index contributed by atoms with van der Waals surface area (Å²) in [6, 6.07) is 5.25. The lowest BCUT2D eigenvalue weighted by molar-refractivity contribution is -0.145. The monoisotopic (exact) mass is 235 g/mol. The molecule has 0 aliphatic heterocycles. The number of amides is 2. The SMILES string of the molecule is Cc1ccc(CN(C)C(=O)C(=O)NCC#N)o1. The molecule has 1 rings (SSSR count). The Labute approximate surface area is 98.8 Å². The fourth-order valence-corrected chi connectivity index (χ4v) is 1.24. The first-order valence-corrected chi connectivity index (χ1v) is 5.00. The van der Waals surface area contributed by atoms with E-state index in [9.17, 15) is 9.59 Å². The van der Waals surface area contributed by atoms with Crippen molar-refractivity contribution in [1.29, 1.82) is 5.26 Å². The van der Waals surface area contributed by atoms with E-state index in [0.717, 1.165) is 5.76 Å². The van der Waals surface area contributed by atoms with Crippen molar-refractivity contribution in [2.24, 2.45) is 0 Å². The van der Waals surface area contributed by atoms with Crippen LogP contribution < -0.4 is 5.32 Å². The Hall–Kier alpha value is -2.29. The molecule has 1 aromatic rings. The molecule has 17 heavy (non-hydrogen) atoms. The Balaban J connectivity index is 2.53. The van der Waals surface area contributed by atoms with E-state index in [0.29, 0.717) is 5.76 Å². The molecule has 0 aromatic carbocycles. The highest BCUT2D eigenvalue weighted by Gasteiger charge is 2.18. The lowest BCUT2D eigenvalue weighted by Gasteiger charge is -2.14. The minimum Gasteiger partial charge on any atom is -0.464 e. The molecular formula is C11H13N3O3. The summed E-state index contributed by atoms with van der Waals surface area (Å²) in [6.45, 7) is 1.83. The maximum Gasteiger partial charge on any atom is 0.312 e. The van der Waals surface area contributed by atoms with Crippen LogP contribution in [0.4, 0.5) is 0 Å². The molecule has 1 heterocycles. The lowest BCUT2D eigenvalue weighted by atomic mass is 10.4. The standard InChI is InChI=1S/C11H13N3O3/c1-8-3-4-9(17-8)7-14(2)11(16)10(15)13-6-5-12/h3-4H,6-7H2,1-2H3,(H,13,15). The van der Waals surface area contributed by atoms with Gasteiger partial charge < -0.3 is 14.6 Å². The largest absolute Gasteiger partial charge is 0.464 e. The zero-order valence-corrected chi connectivity index (χ0v) is 9.69. The number of carbonyl (C=O) groups excluding carboxylic acids is 2. The summed E-state index contributed by atoms with van der Waals surface area (Å²) in [5, 5.41) is 10.5. The molecule has 0 aliphatic rings. The molecule has 6 nitrogen and oxygen atoms in total. The third-order valence-electron chi connectivity index (χ3n) is 2.06. The Bertz CT molecular complexity index is 459. The topological polar surface area (TPSA) is 86.3 Å². The molecule has 0 unspecified atom stereocenters. The Kier molecular flexibility index (Phi) is 4.29. The van der Waals surface area contributed by atoms with Crippen molar-refractivity contribution in [3.05, 3.63) is 23.7 Å². The molecular weight excluding hydrogens is 222 g/mol. The van der Waals surface area contributed by atoms with Crippen LogP contribution in [0.2, 0.25) is 0 Å². The molecule has 0 fully saturated rings. The van der Waals surface area contributed by atoms with Gasteiger partial charge in [-0.25, -0.2) is 0 Å². The molecule has 0 atom stereocenters. The van der Waals surface area contributed by atoms with Crippen LogP contribution >= 0.6 is 0 Å². The molecule has 0 radical (unpaired) electrons. The summed E-state index contributed by atoms with van der Waals surface area (Å²) in [6.07, 6.45) is 0. The second kappa shape index (κ2) is 5.70. The number of nitrogens with one attached hydrogen (secondary N) is 1. The van der Waals surface area contributed by atoms with Crippen LogP contribution in [0.15, 0.2) is 16.5 Å². The Morgan fingerprint density at radius 1 is 1.53 bits per heavy atom. The number of nitrogens with zero attached hydrogens (tertiary/aromatic N) is 2. The molecule has 0 bridgehead atoms. The fraction of sp³-hybridized carbons (Fsp3) is 0.364. The summed E-state index contributed by atoms with van der Waals surface area (Å²) < 4.78 is 5.29. The van der Waals surface area contributed by atoms with Gasteiger partial charge in [-0.1, -0.05) is 0 Å². The highest BCUT2D eigenvalue weighted by atomic mass is 16.3. The fourth-order valence-electron chi connectivity index (χ4n) is 1.24. The number of hydrogen-bond acceptors (Lipinski definition) is 4. The smallest absolute Gasteiger partial charge is 0.312 e.